The molecule has 27 nitrogen and oxygen atoms in total. The molecule has 31 heteroatoms. The maximum atomic E-state index is 12.7. The highest BCUT2D eigenvalue weighted by molar-refractivity contribution is 8.13. The molecule has 348 valence electrons. The van der Waals surface area contributed by atoms with E-state index in [0.29, 0.717) is 6.42 Å². The molecule has 7 atom stereocenters. The zero-order chi connectivity index (χ0) is 46.6. The monoisotopic (exact) mass is 963 g/mol. The van der Waals surface area contributed by atoms with Gasteiger partial charge in [-0.2, -0.15) is 4.31 Å². The highest BCUT2D eigenvalue weighted by Crippen LogP contribution is 2.61. The maximum Gasteiger partial charge on any atom is 0.481 e. The summed E-state index contributed by atoms with van der Waals surface area (Å²) in [6.07, 6.45) is -7.82. The number of nitrogens with two attached hydrogens (primary N) is 1. The third-order valence-electron chi connectivity index (χ3n) is 8.42. The second-order valence-electron chi connectivity index (χ2n) is 14.2. The quantitative estimate of drug-likeness (QED) is 0.0305. The van der Waals surface area contributed by atoms with Gasteiger partial charge in [0.2, 0.25) is 11.8 Å². The lowest BCUT2D eigenvalue weighted by Gasteiger charge is -2.30. The first-order valence-corrected chi connectivity index (χ1v) is 23.8. The molecule has 2 unspecified atom stereocenters. The van der Waals surface area contributed by atoms with Crippen molar-refractivity contribution < 1.29 is 94.9 Å². The van der Waals surface area contributed by atoms with Crippen LogP contribution in [-0.2, 0) is 65.1 Å². The number of thioether (sulfide) groups is 1. The Hall–Kier alpha value is -3.43. The largest absolute Gasteiger partial charge is 0.481 e. The van der Waals surface area contributed by atoms with Gasteiger partial charge in [0.25, 0.3) is 0 Å². The number of ether oxygens (including phenoxy) is 1. The average molecular weight is 964 g/mol. The van der Waals surface area contributed by atoms with Crippen LogP contribution in [0.1, 0.15) is 65.5 Å². The molecule has 1 fully saturated rings. The Morgan fingerprint density at radius 1 is 0.935 bits per heavy atom. The molecule has 0 aliphatic carbocycles. The summed E-state index contributed by atoms with van der Waals surface area (Å²) in [5.74, 6) is -3.04. The highest BCUT2D eigenvalue weighted by Gasteiger charge is 2.50. The first-order chi connectivity index (χ1) is 28.7. The van der Waals surface area contributed by atoms with Crippen LogP contribution in [0.3, 0.4) is 0 Å². The molecule has 0 aromatic carbocycles. The zero-order valence-electron chi connectivity index (χ0n) is 33.3. The van der Waals surface area contributed by atoms with Crippen LogP contribution in [0.25, 0.3) is 11.2 Å². The van der Waals surface area contributed by atoms with Crippen molar-refractivity contribution in [2.75, 3.05) is 37.8 Å². The topological polar surface area (TPSA) is 415 Å². The normalized spacial score (nSPS) is 20.5. The van der Waals surface area contributed by atoms with Crippen LogP contribution < -0.4 is 16.4 Å². The molecule has 1 saturated heterocycles. The van der Waals surface area contributed by atoms with Crippen LogP contribution >= 0.6 is 35.2 Å². The van der Waals surface area contributed by atoms with Gasteiger partial charge in [-0.3, -0.25) is 46.9 Å². The summed E-state index contributed by atoms with van der Waals surface area (Å²) in [5, 5.41) is 25.7. The fourth-order valence-electron chi connectivity index (χ4n) is 5.44. The number of phosphoric ester groups is 3. The molecule has 2 amide bonds. The third kappa shape index (κ3) is 16.9. The molecule has 3 heterocycles. The van der Waals surface area contributed by atoms with E-state index in [1.807, 2.05) is 0 Å². The number of aromatic nitrogens is 4. The number of nitrogens with one attached hydrogen (secondary N) is 2. The van der Waals surface area contributed by atoms with Crippen molar-refractivity contribution in [1.82, 2.24) is 30.2 Å². The number of carbonyl (C=O) groups excluding carboxylic acids is 6. The van der Waals surface area contributed by atoms with Crippen molar-refractivity contribution in [2.45, 2.75) is 89.9 Å². The lowest BCUT2D eigenvalue weighted by molar-refractivity contribution is -0.137. The summed E-state index contributed by atoms with van der Waals surface area (Å²) in [6, 6.07) is 0. The van der Waals surface area contributed by atoms with Crippen LogP contribution in [0, 0.1) is 5.41 Å². The number of nitrogen functional groups attached to an aromatic ring is 1. The number of phosphoric acid groups is 3. The third-order valence-corrected chi connectivity index (χ3v) is 12.4. The Bertz CT molecular complexity index is 2100. The number of aliphatic hydroxyl groups excluding tert-OH is 2. The summed E-state index contributed by atoms with van der Waals surface area (Å²) < 4.78 is 62.1. The Kier molecular flexibility index (Phi) is 19.6. The minimum absolute atomic E-state index is 0.00373. The van der Waals surface area contributed by atoms with Crippen LogP contribution in [0.2, 0.25) is 0 Å². The Morgan fingerprint density at radius 2 is 1.58 bits per heavy atom. The van der Waals surface area contributed by atoms with Crippen LogP contribution in [0.5, 0.6) is 0 Å². The van der Waals surface area contributed by atoms with E-state index in [4.69, 9.17) is 19.5 Å². The summed E-state index contributed by atoms with van der Waals surface area (Å²) in [4.78, 5) is 123. The van der Waals surface area contributed by atoms with Crippen LogP contribution in [-0.4, -0.2) is 140 Å². The van der Waals surface area contributed by atoms with Crippen LogP contribution in [0.15, 0.2) is 12.7 Å². The Labute approximate surface area is 356 Å². The minimum Gasteiger partial charge on any atom is -0.386 e. The van der Waals surface area contributed by atoms with Crippen molar-refractivity contribution in [3.8, 4) is 0 Å². The lowest BCUT2D eigenvalue weighted by atomic mass is 9.87. The van der Waals surface area contributed by atoms with E-state index in [2.05, 4.69) is 34.4 Å². The number of anilines is 1. The molecule has 2 aromatic rings. The molecular formula is C31H48N7O20P3S. The van der Waals surface area contributed by atoms with E-state index in [-0.39, 0.29) is 60.9 Å². The predicted molar refractivity (Wildman–Crippen MR) is 211 cm³/mol. The number of amides is 2. The van der Waals surface area contributed by atoms with E-state index >= 15 is 0 Å². The number of hydrogen-bond acceptors (Lipinski definition) is 21. The Balaban J connectivity index is 1.42. The van der Waals surface area contributed by atoms with Gasteiger partial charge in [-0.15, -0.1) is 0 Å². The average Bonchev–Trinajstić information content (AvgIpc) is 3.71. The molecular weight excluding hydrogens is 915 g/mol. The minimum atomic E-state index is -5.61. The van der Waals surface area contributed by atoms with Crippen molar-refractivity contribution in [2.24, 2.45) is 5.41 Å². The predicted octanol–water partition coefficient (Wildman–Crippen LogP) is -0.658. The van der Waals surface area contributed by atoms with Gasteiger partial charge in [0.15, 0.2) is 22.8 Å². The number of aliphatic hydroxyl groups is 2. The summed E-state index contributed by atoms with van der Waals surface area (Å²) in [7, 11) is -16.5. The molecule has 3 rings (SSSR count). The summed E-state index contributed by atoms with van der Waals surface area (Å²) >= 11 is 0.749. The van der Waals surface area contributed by atoms with Gasteiger partial charge in [0, 0.05) is 37.1 Å². The molecule has 0 radical (unpaired) electrons. The molecule has 1 aliphatic rings. The number of fused-ring (bicyclic) bond motifs is 1. The molecule has 0 spiro atoms. The smallest absolute Gasteiger partial charge is 0.386 e. The van der Waals surface area contributed by atoms with E-state index < -0.39 is 114 Å². The first-order valence-electron chi connectivity index (χ1n) is 18.3. The number of Topliss-reactive ketones (excluding diaryl/α,β-unsaturated/α-hetero) is 3. The van der Waals surface area contributed by atoms with Crippen molar-refractivity contribution in [3.05, 3.63) is 12.7 Å². The fourth-order valence-corrected chi connectivity index (χ4v) is 8.96. The number of nitrogens with zero attached hydrogens (tertiary/aromatic N) is 4. The van der Waals surface area contributed by atoms with Gasteiger partial charge in [-0.1, -0.05) is 32.5 Å². The lowest BCUT2D eigenvalue weighted by Crippen LogP contribution is -2.46. The fraction of sp³-hybridized carbons (Fsp3) is 0.645. The number of ketones is 3. The van der Waals surface area contributed by atoms with Crippen molar-refractivity contribution in [3.63, 3.8) is 0 Å². The second kappa shape index (κ2) is 23.0. The second-order valence-corrected chi connectivity index (χ2v) is 19.6. The standard InChI is InChI=1S/C31H48N7O20P3S/c1-4-5-17(39)10-18(40)11-19(41)12-22(43)62-9-8-33-21(42)6-7-34-29(46)26(45)31(2,3)14-55-61(52,53)58-60(50,51)54-13-20-25(57-59(47,48)49)24(44)30(56-20)38-16-37-23-27(32)35-15-36-28(23)38/h15-16,20,24-26,30,44-45H,4-14H2,1-3H3,(H,33,42)(H,34,46)(H,50,51)(H,52,53)(H2,32,35,36)(H2,47,48,49)/t20-,24-,25-,26+,30-/m1/s1. The van der Waals surface area contributed by atoms with Crippen LogP contribution in [0.4, 0.5) is 5.82 Å². The SMILES string of the molecule is CCCC(=O)CC(=O)CC(=O)CC(=O)SCCNC(=O)CCNC(=O)[C@H](O)C(C)(C)COP(=O)(O)OP(=O)(O)OC[C@H]1O[C@@H](n2cnc3c(N)ncnc32)[C@H](O)[C@@H]1OP(=O)(O)O. The highest BCUT2D eigenvalue weighted by atomic mass is 32.2. The molecule has 2 aromatic heterocycles. The number of rotatable bonds is 27. The van der Waals surface area contributed by atoms with E-state index in [0.717, 1.165) is 29.0 Å². The van der Waals surface area contributed by atoms with E-state index in [1.54, 1.807) is 6.92 Å². The van der Waals surface area contributed by atoms with Gasteiger partial charge in [0.05, 0.1) is 38.8 Å². The molecule has 10 N–H and O–H groups in total. The van der Waals surface area contributed by atoms with E-state index in [9.17, 15) is 72.2 Å². The van der Waals surface area contributed by atoms with Gasteiger partial charge < -0.3 is 50.9 Å². The maximum absolute atomic E-state index is 12.7. The number of carbonyl (C=O) groups is 6. The van der Waals surface area contributed by atoms with Gasteiger partial charge in [0.1, 0.15) is 53.6 Å². The van der Waals surface area contributed by atoms with Crippen molar-refractivity contribution >= 4 is 86.5 Å². The zero-order valence-corrected chi connectivity index (χ0v) is 36.8. The Morgan fingerprint density at radius 3 is 2.24 bits per heavy atom. The van der Waals surface area contributed by atoms with E-state index in [1.165, 1.54) is 13.8 Å². The summed E-state index contributed by atoms with van der Waals surface area (Å²) in [6.45, 7) is 1.82. The van der Waals surface area contributed by atoms with Crippen molar-refractivity contribution in [1.29, 1.82) is 0 Å². The van der Waals surface area contributed by atoms with Gasteiger partial charge in [-0.25, -0.2) is 28.6 Å². The molecule has 62 heavy (non-hydrogen) atoms. The molecule has 1 aliphatic heterocycles. The molecule has 0 saturated carbocycles. The molecule has 0 bridgehead atoms. The van der Waals surface area contributed by atoms with Gasteiger partial charge in [-0.05, 0) is 6.42 Å². The first kappa shape index (κ1) is 52.9. The number of hydrogen-bond donors (Lipinski definition) is 9. The number of imidazole rings is 1. The summed E-state index contributed by atoms with van der Waals surface area (Å²) in [5.41, 5.74) is 4.17. The van der Waals surface area contributed by atoms with Gasteiger partial charge >= 0.3 is 23.5 Å².